The van der Waals surface area contributed by atoms with Gasteiger partial charge in [0.1, 0.15) is 5.65 Å². The number of methoxy groups -OCH3 is 2. The van der Waals surface area contributed by atoms with Crippen LogP contribution in [-0.2, 0) is 11.2 Å². The molecular weight excluding hydrogens is 438 g/mol. The van der Waals surface area contributed by atoms with Crippen LogP contribution in [0, 0.1) is 0 Å². The Bertz CT molecular complexity index is 1380. The van der Waals surface area contributed by atoms with E-state index in [1.54, 1.807) is 55.3 Å². The van der Waals surface area contributed by atoms with Gasteiger partial charge in [0.05, 0.1) is 31.2 Å². The lowest BCUT2D eigenvalue weighted by Crippen LogP contribution is -2.22. The van der Waals surface area contributed by atoms with E-state index >= 15 is 0 Å². The van der Waals surface area contributed by atoms with Gasteiger partial charge in [-0.15, -0.1) is 0 Å². The van der Waals surface area contributed by atoms with Crippen LogP contribution in [0.2, 0.25) is 0 Å². The molecule has 4 aromatic rings. The van der Waals surface area contributed by atoms with Gasteiger partial charge < -0.3 is 30.4 Å². The fourth-order valence-electron chi connectivity index (χ4n) is 3.58. The van der Waals surface area contributed by atoms with Gasteiger partial charge in [-0.3, -0.25) is 9.20 Å². The maximum Gasteiger partial charge on any atom is 0.250 e. The van der Waals surface area contributed by atoms with E-state index < -0.39 is 11.9 Å². The number of nitrogens with two attached hydrogens (primary N) is 1. The summed E-state index contributed by atoms with van der Waals surface area (Å²) in [6.45, 7) is 0. The zero-order valence-electron chi connectivity index (χ0n) is 18.6. The number of primary amides is 1. The number of aryl methyl sites for hydroxylation is 1. The number of hydrogen-bond acceptors (Lipinski definition) is 8. The summed E-state index contributed by atoms with van der Waals surface area (Å²) >= 11 is 0. The minimum atomic E-state index is -1.17. The third kappa shape index (κ3) is 4.60. The Kier molecular flexibility index (Phi) is 6.30. The quantitative estimate of drug-likeness (QED) is 0.386. The van der Waals surface area contributed by atoms with Crippen LogP contribution in [0.25, 0.3) is 16.9 Å². The topological polar surface area (TPSA) is 144 Å². The zero-order valence-corrected chi connectivity index (χ0v) is 18.6. The van der Waals surface area contributed by atoms with Crippen LogP contribution >= 0.6 is 0 Å². The maximum absolute atomic E-state index is 12.1. The number of aliphatic carboxylic acids is 1. The molecule has 2 heterocycles. The van der Waals surface area contributed by atoms with Crippen molar-refractivity contribution in [1.82, 2.24) is 14.4 Å². The number of fused-ring (bicyclic) bond motifs is 1. The van der Waals surface area contributed by atoms with E-state index in [1.165, 1.54) is 0 Å². The van der Waals surface area contributed by atoms with Gasteiger partial charge in [0.15, 0.2) is 11.5 Å². The molecule has 0 aliphatic rings. The number of hydrogen-bond donors (Lipinski definition) is 2. The minimum absolute atomic E-state index is 0.157. The molecule has 0 aliphatic carbocycles. The van der Waals surface area contributed by atoms with Gasteiger partial charge in [-0.2, -0.15) is 0 Å². The molecule has 174 valence electrons. The summed E-state index contributed by atoms with van der Waals surface area (Å²) in [5.74, 6) is -0.263. The highest BCUT2D eigenvalue weighted by molar-refractivity contribution is 5.99. The number of carboxylic acids is 1. The fourth-order valence-corrected chi connectivity index (χ4v) is 3.58. The van der Waals surface area contributed by atoms with Crippen molar-refractivity contribution in [2.75, 3.05) is 19.5 Å². The number of aromatic nitrogens is 3. The molecule has 0 saturated heterocycles. The molecule has 0 unspecified atom stereocenters. The van der Waals surface area contributed by atoms with Crippen LogP contribution in [0.1, 0.15) is 22.3 Å². The summed E-state index contributed by atoms with van der Waals surface area (Å²) in [6, 6.07) is 12.2. The van der Waals surface area contributed by atoms with Crippen molar-refractivity contribution in [3.05, 3.63) is 66.0 Å². The summed E-state index contributed by atoms with van der Waals surface area (Å²) in [5.41, 5.74) is 8.92. The first-order valence-corrected chi connectivity index (χ1v) is 10.4. The van der Waals surface area contributed by atoms with Gasteiger partial charge in [0.25, 0.3) is 5.91 Å². The molecule has 0 atom stereocenters. The Morgan fingerprint density at radius 2 is 1.88 bits per heavy atom. The van der Waals surface area contributed by atoms with Crippen LogP contribution in [0.5, 0.6) is 11.5 Å². The standard InChI is InChI=1S/C24H23N5O5/c1-33-19-7-5-15(12-20(19)34-2)18-13-21-26-9-10-29(21)24(28-18)27-17-6-3-14(4-8-22(30)31)11-16(17)23(25)32/h3,5-7,9-13H,4,8H2,1-2H3,(H2,25,32)(H,27,28)(H,30,31)/p-1. The van der Waals surface area contributed by atoms with Gasteiger partial charge in [-0.05, 0) is 48.7 Å². The SMILES string of the molecule is COc1ccc(-c2cc3nccn3c(Nc3ccc(CCC(=O)[O-])cc3C(N)=O)n2)cc1OC. The number of rotatable bonds is 9. The Hall–Kier alpha value is -4.60. The zero-order chi connectivity index (χ0) is 24.2. The second-order valence-corrected chi connectivity index (χ2v) is 7.43. The molecular formula is C24H22N5O5-. The predicted octanol–water partition coefficient (Wildman–Crippen LogP) is 1.94. The molecule has 34 heavy (non-hydrogen) atoms. The Labute approximate surface area is 195 Å². The number of ether oxygens (including phenoxy) is 2. The average molecular weight is 460 g/mol. The van der Waals surface area contributed by atoms with E-state index in [0.29, 0.717) is 40.0 Å². The van der Waals surface area contributed by atoms with Crippen LogP contribution in [-0.4, -0.2) is 40.5 Å². The fraction of sp³-hybridized carbons (Fsp3) is 0.167. The number of nitrogens with one attached hydrogen (secondary N) is 1. The number of amides is 1. The van der Waals surface area contributed by atoms with Crippen molar-refractivity contribution >= 4 is 29.2 Å². The molecule has 0 radical (unpaired) electrons. The molecule has 0 bridgehead atoms. The Morgan fingerprint density at radius 3 is 2.59 bits per heavy atom. The van der Waals surface area contributed by atoms with Gasteiger partial charge in [0.2, 0.25) is 5.95 Å². The molecule has 3 N–H and O–H groups in total. The smallest absolute Gasteiger partial charge is 0.250 e. The molecule has 10 nitrogen and oxygen atoms in total. The van der Waals surface area contributed by atoms with Gasteiger partial charge in [-0.1, -0.05) is 6.07 Å². The summed E-state index contributed by atoms with van der Waals surface area (Å²) in [7, 11) is 3.12. The summed E-state index contributed by atoms with van der Waals surface area (Å²) in [4.78, 5) is 32.0. The van der Waals surface area contributed by atoms with Gasteiger partial charge in [0, 0.05) is 30.0 Å². The number of nitrogens with zero attached hydrogens (tertiary/aromatic N) is 3. The summed E-state index contributed by atoms with van der Waals surface area (Å²) < 4.78 is 12.4. The highest BCUT2D eigenvalue weighted by Crippen LogP contribution is 2.33. The average Bonchev–Trinajstić information content (AvgIpc) is 3.31. The van der Waals surface area contributed by atoms with Crippen LogP contribution < -0.4 is 25.6 Å². The number of anilines is 2. The van der Waals surface area contributed by atoms with Crippen molar-refractivity contribution in [1.29, 1.82) is 0 Å². The van der Waals surface area contributed by atoms with Gasteiger partial charge >= 0.3 is 0 Å². The van der Waals surface area contributed by atoms with E-state index in [4.69, 9.17) is 20.2 Å². The van der Waals surface area contributed by atoms with E-state index in [1.807, 2.05) is 18.2 Å². The van der Waals surface area contributed by atoms with Crippen molar-refractivity contribution < 1.29 is 24.2 Å². The number of carbonyl (C=O) groups is 2. The largest absolute Gasteiger partial charge is 0.550 e. The molecule has 0 saturated carbocycles. The van der Waals surface area contributed by atoms with E-state index in [2.05, 4.69) is 10.3 Å². The van der Waals surface area contributed by atoms with Crippen molar-refractivity contribution in [2.45, 2.75) is 12.8 Å². The number of carbonyl (C=O) groups excluding carboxylic acids is 2. The third-order valence-corrected chi connectivity index (χ3v) is 5.28. The van der Waals surface area contributed by atoms with Gasteiger partial charge in [-0.25, -0.2) is 9.97 Å². The molecule has 0 fully saturated rings. The van der Waals surface area contributed by atoms with Crippen molar-refractivity contribution in [2.24, 2.45) is 5.73 Å². The Balaban J connectivity index is 1.75. The minimum Gasteiger partial charge on any atom is -0.550 e. The molecule has 4 rings (SSSR count). The molecule has 1 amide bonds. The number of benzene rings is 2. The van der Waals surface area contributed by atoms with E-state index in [0.717, 1.165) is 5.56 Å². The molecule has 10 heteroatoms. The third-order valence-electron chi connectivity index (χ3n) is 5.28. The van der Waals surface area contributed by atoms with Crippen LogP contribution in [0.4, 0.5) is 11.6 Å². The normalized spacial score (nSPS) is 10.8. The second kappa shape index (κ2) is 9.49. The second-order valence-electron chi connectivity index (χ2n) is 7.43. The predicted molar refractivity (Wildman–Crippen MR) is 123 cm³/mol. The first-order chi connectivity index (χ1) is 16.4. The summed E-state index contributed by atoms with van der Waals surface area (Å²) in [5, 5.41) is 13.9. The number of imidazole rings is 1. The van der Waals surface area contributed by atoms with Crippen molar-refractivity contribution in [3.63, 3.8) is 0 Å². The lowest BCUT2D eigenvalue weighted by molar-refractivity contribution is -0.305. The lowest BCUT2D eigenvalue weighted by atomic mass is 10.0. The van der Waals surface area contributed by atoms with E-state index in [9.17, 15) is 14.7 Å². The van der Waals surface area contributed by atoms with Crippen molar-refractivity contribution in [3.8, 4) is 22.8 Å². The first-order valence-electron chi connectivity index (χ1n) is 10.4. The number of carboxylic acid groups (broad SMARTS) is 1. The highest BCUT2D eigenvalue weighted by Gasteiger charge is 2.15. The molecule has 0 spiro atoms. The monoisotopic (exact) mass is 460 g/mol. The maximum atomic E-state index is 12.1. The van der Waals surface area contributed by atoms with Crippen LogP contribution in [0.3, 0.4) is 0 Å². The first kappa shape index (κ1) is 22.6. The van der Waals surface area contributed by atoms with E-state index in [-0.39, 0.29) is 18.4 Å². The lowest BCUT2D eigenvalue weighted by Gasteiger charge is -2.15. The molecule has 2 aromatic carbocycles. The summed E-state index contributed by atoms with van der Waals surface area (Å²) in [6.07, 6.45) is 3.44. The highest BCUT2D eigenvalue weighted by atomic mass is 16.5. The molecule has 0 aliphatic heterocycles. The van der Waals surface area contributed by atoms with Crippen LogP contribution in [0.15, 0.2) is 54.9 Å². The molecule has 2 aromatic heterocycles. The Morgan fingerprint density at radius 1 is 1.09 bits per heavy atom.